The van der Waals surface area contributed by atoms with Gasteiger partial charge in [0.25, 0.3) is 0 Å². The van der Waals surface area contributed by atoms with Crippen molar-refractivity contribution in [3.8, 4) is 0 Å². The van der Waals surface area contributed by atoms with Gasteiger partial charge in [-0.2, -0.15) is 0 Å². The topological polar surface area (TPSA) is 41.6 Å². The molecular weight excluding hydrogens is 228 g/mol. The third-order valence-corrected chi connectivity index (χ3v) is 4.57. The van der Waals surface area contributed by atoms with Crippen LogP contribution in [-0.2, 0) is 9.53 Å². The average Bonchev–Trinajstić information content (AvgIpc) is 2.47. The second-order valence-electron chi connectivity index (χ2n) is 5.63. The SMILES string of the molecule is CNC1CCC(N(C)C(=O)C2CCOCC2)CC1. The van der Waals surface area contributed by atoms with E-state index in [0.29, 0.717) is 18.0 Å². The summed E-state index contributed by atoms with van der Waals surface area (Å²) in [5.74, 6) is 0.539. The van der Waals surface area contributed by atoms with Gasteiger partial charge in [-0.1, -0.05) is 0 Å². The predicted molar refractivity (Wildman–Crippen MR) is 71.4 cm³/mol. The fraction of sp³-hybridized carbons (Fsp3) is 0.929. The highest BCUT2D eigenvalue weighted by Crippen LogP contribution is 2.25. The van der Waals surface area contributed by atoms with Crippen LogP contribution in [0.25, 0.3) is 0 Å². The van der Waals surface area contributed by atoms with Crippen LogP contribution in [0.4, 0.5) is 0 Å². The van der Waals surface area contributed by atoms with E-state index in [-0.39, 0.29) is 5.92 Å². The number of carbonyl (C=O) groups is 1. The summed E-state index contributed by atoms with van der Waals surface area (Å²) in [6.45, 7) is 1.49. The van der Waals surface area contributed by atoms with E-state index in [9.17, 15) is 4.79 Å². The third kappa shape index (κ3) is 3.23. The molecule has 1 saturated carbocycles. The number of hydrogen-bond acceptors (Lipinski definition) is 3. The maximum absolute atomic E-state index is 12.4. The van der Waals surface area contributed by atoms with Crippen molar-refractivity contribution in [3.05, 3.63) is 0 Å². The summed E-state index contributed by atoms with van der Waals surface area (Å²) < 4.78 is 5.32. The zero-order valence-electron chi connectivity index (χ0n) is 11.7. The molecule has 0 aromatic heterocycles. The maximum atomic E-state index is 12.4. The standard InChI is InChI=1S/C14H26N2O2/c1-15-12-3-5-13(6-4-12)16(2)14(17)11-7-9-18-10-8-11/h11-13,15H,3-10H2,1-2H3. The van der Waals surface area contributed by atoms with Gasteiger partial charge in [-0.05, 0) is 45.6 Å². The third-order valence-electron chi connectivity index (χ3n) is 4.57. The first kappa shape index (κ1) is 13.8. The highest BCUT2D eigenvalue weighted by molar-refractivity contribution is 5.79. The van der Waals surface area contributed by atoms with Gasteiger partial charge in [-0.3, -0.25) is 4.79 Å². The van der Waals surface area contributed by atoms with Crippen molar-refractivity contribution < 1.29 is 9.53 Å². The number of amides is 1. The summed E-state index contributed by atoms with van der Waals surface area (Å²) in [6.07, 6.45) is 6.44. The Balaban J connectivity index is 1.83. The van der Waals surface area contributed by atoms with Crippen LogP contribution in [0.2, 0.25) is 0 Å². The normalized spacial score (nSPS) is 30.1. The maximum Gasteiger partial charge on any atom is 0.225 e. The lowest BCUT2D eigenvalue weighted by Gasteiger charge is -2.37. The van der Waals surface area contributed by atoms with Crippen molar-refractivity contribution in [1.82, 2.24) is 10.2 Å². The van der Waals surface area contributed by atoms with E-state index in [4.69, 9.17) is 4.74 Å². The van der Waals surface area contributed by atoms with Crippen LogP contribution in [0.5, 0.6) is 0 Å². The van der Waals surface area contributed by atoms with Gasteiger partial charge in [0.05, 0.1) is 0 Å². The molecule has 2 fully saturated rings. The van der Waals surface area contributed by atoms with E-state index >= 15 is 0 Å². The lowest BCUT2D eigenvalue weighted by Crippen LogP contribution is -2.45. The molecule has 0 aromatic carbocycles. The van der Waals surface area contributed by atoms with Crippen molar-refractivity contribution in [1.29, 1.82) is 0 Å². The number of nitrogens with zero attached hydrogens (tertiary/aromatic N) is 1. The van der Waals surface area contributed by atoms with E-state index in [1.54, 1.807) is 0 Å². The number of nitrogens with one attached hydrogen (secondary N) is 1. The van der Waals surface area contributed by atoms with Crippen LogP contribution in [-0.4, -0.2) is 50.2 Å². The predicted octanol–water partition coefficient (Wildman–Crippen LogP) is 1.40. The van der Waals surface area contributed by atoms with Crippen molar-refractivity contribution in [2.45, 2.75) is 50.6 Å². The quantitative estimate of drug-likeness (QED) is 0.828. The number of ether oxygens (including phenoxy) is 1. The molecule has 1 N–H and O–H groups in total. The van der Waals surface area contributed by atoms with E-state index in [2.05, 4.69) is 5.32 Å². The smallest absolute Gasteiger partial charge is 0.225 e. The molecule has 4 heteroatoms. The van der Waals surface area contributed by atoms with Gasteiger partial charge in [0.1, 0.15) is 0 Å². The molecule has 0 atom stereocenters. The van der Waals surface area contributed by atoms with E-state index in [1.165, 1.54) is 12.8 Å². The Morgan fingerprint density at radius 1 is 1.11 bits per heavy atom. The number of carbonyl (C=O) groups excluding carboxylic acids is 1. The molecule has 0 radical (unpaired) electrons. The first-order valence-electron chi connectivity index (χ1n) is 7.24. The van der Waals surface area contributed by atoms with Gasteiger partial charge >= 0.3 is 0 Å². The Bertz CT molecular complexity index is 269. The van der Waals surface area contributed by atoms with Crippen LogP contribution in [0.15, 0.2) is 0 Å². The van der Waals surface area contributed by atoms with E-state index < -0.39 is 0 Å². The van der Waals surface area contributed by atoms with Gasteiger partial charge in [-0.25, -0.2) is 0 Å². The summed E-state index contributed by atoms with van der Waals surface area (Å²) in [4.78, 5) is 14.4. The summed E-state index contributed by atoms with van der Waals surface area (Å²) in [5.41, 5.74) is 0. The van der Waals surface area contributed by atoms with Crippen molar-refractivity contribution >= 4 is 5.91 Å². The van der Waals surface area contributed by atoms with Gasteiger partial charge in [0, 0.05) is 38.3 Å². The first-order chi connectivity index (χ1) is 8.72. The summed E-state index contributed by atoms with van der Waals surface area (Å²) in [7, 11) is 4.02. The lowest BCUT2D eigenvalue weighted by molar-refractivity contribution is -0.140. The molecule has 1 heterocycles. The van der Waals surface area contributed by atoms with Gasteiger partial charge < -0.3 is 15.0 Å². The van der Waals surface area contributed by atoms with Gasteiger partial charge in [0.2, 0.25) is 5.91 Å². The average molecular weight is 254 g/mol. The van der Waals surface area contributed by atoms with Crippen LogP contribution >= 0.6 is 0 Å². The van der Waals surface area contributed by atoms with Gasteiger partial charge in [0.15, 0.2) is 0 Å². The summed E-state index contributed by atoms with van der Waals surface area (Å²) in [5, 5.41) is 3.34. The molecule has 18 heavy (non-hydrogen) atoms. The Morgan fingerprint density at radius 3 is 2.28 bits per heavy atom. The molecular formula is C14H26N2O2. The highest BCUT2D eigenvalue weighted by atomic mass is 16.5. The molecule has 4 nitrogen and oxygen atoms in total. The monoisotopic (exact) mass is 254 g/mol. The molecule has 2 aliphatic rings. The van der Waals surface area contributed by atoms with E-state index in [0.717, 1.165) is 38.9 Å². The van der Waals surface area contributed by atoms with Gasteiger partial charge in [-0.15, -0.1) is 0 Å². The Kier molecular flexibility index (Phi) is 5.01. The number of hydrogen-bond donors (Lipinski definition) is 1. The Hall–Kier alpha value is -0.610. The van der Waals surface area contributed by atoms with Crippen LogP contribution in [0, 0.1) is 5.92 Å². The summed E-state index contributed by atoms with van der Waals surface area (Å²) >= 11 is 0. The second-order valence-corrected chi connectivity index (χ2v) is 5.63. The molecule has 104 valence electrons. The minimum atomic E-state index is 0.200. The molecule has 1 amide bonds. The fourth-order valence-electron chi connectivity index (χ4n) is 3.16. The van der Waals surface area contributed by atoms with Crippen molar-refractivity contribution in [2.75, 3.05) is 27.3 Å². The largest absolute Gasteiger partial charge is 0.381 e. The Morgan fingerprint density at radius 2 is 1.72 bits per heavy atom. The fourth-order valence-corrected chi connectivity index (χ4v) is 3.16. The van der Waals surface area contributed by atoms with E-state index in [1.807, 2.05) is 19.0 Å². The molecule has 0 spiro atoms. The van der Waals surface area contributed by atoms with Crippen molar-refractivity contribution in [2.24, 2.45) is 5.92 Å². The highest BCUT2D eigenvalue weighted by Gasteiger charge is 2.30. The van der Waals surface area contributed by atoms with Crippen molar-refractivity contribution in [3.63, 3.8) is 0 Å². The van der Waals surface area contributed by atoms with Crippen LogP contribution in [0.1, 0.15) is 38.5 Å². The summed E-state index contributed by atoms with van der Waals surface area (Å²) in [6, 6.07) is 1.10. The molecule has 2 rings (SSSR count). The lowest BCUT2D eigenvalue weighted by atomic mass is 9.89. The molecule has 1 aliphatic carbocycles. The molecule has 0 unspecified atom stereocenters. The second kappa shape index (κ2) is 6.53. The zero-order valence-corrected chi connectivity index (χ0v) is 11.7. The molecule has 0 aromatic rings. The molecule has 1 saturated heterocycles. The van der Waals surface area contributed by atoms with Crippen LogP contribution < -0.4 is 5.32 Å². The van der Waals surface area contributed by atoms with Crippen LogP contribution in [0.3, 0.4) is 0 Å². The minimum absolute atomic E-state index is 0.200. The first-order valence-corrected chi connectivity index (χ1v) is 7.24. The zero-order chi connectivity index (χ0) is 13.0. The number of rotatable bonds is 3. The molecule has 0 bridgehead atoms. The minimum Gasteiger partial charge on any atom is -0.381 e. The molecule has 1 aliphatic heterocycles. The Labute approximate surface area is 110 Å².